The number of carboxylic acids is 2. The lowest BCUT2D eigenvalue weighted by atomic mass is 9.94. The van der Waals surface area contributed by atoms with Crippen molar-refractivity contribution in [1.82, 2.24) is 9.88 Å². The molecule has 2 rings (SSSR count). The SMILES string of the molecule is COc1cccc(-c2c(C(=O)O)c(N)[nH]c(=O)c2C(=O)O)c1OCCCN(C)C. The lowest BCUT2D eigenvalue weighted by molar-refractivity contribution is 0.0695. The molecule has 1 heterocycles. The number of benzene rings is 1. The van der Waals surface area contributed by atoms with Gasteiger partial charge in [-0.25, -0.2) is 9.59 Å². The average Bonchev–Trinajstić information content (AvgIpc) is 2.63. The Kier molecular flexibility index (Phi) is 6.84. The van der Waals surface area contributed by atoms with Gasteiger partial charge < -0.3 is 35.3 Å². The van der Waals surface area contributed by atoms with Crippen LogP contribution in [0.4, 0.5) is 5.82 Å². The van der Waals surface area contributed by atoms with Crippen LogP contribution in [0.15, 0.2) is 23.0 Å². The van der Waals surface area contributed by atoms with Crippen molar-refractivity contribution in [2.45, 2.75) is 6.42 Å². The molecular weight excluding hydrogens is 382 g/mol. The Bertz CT molecular complexity index is 982. The fourth-order valence-electron chi connectivity index (χ4n) is 2.89. The number of aromatic carboxylic acids is 2. The number of nitrogens with zero attached hydrogens (tertiary/aromatic N) is 1. The van der Waals surface area contributed by atoms with Crippen LogP contribution in [0.25, 0.3) is 11.1 Å². The maximum Gasteiger partial charge on any atom is 0.342 e. The number of carbonyl (C=O) groups is 2. The van der Waals surface area contributed by atoms with E-state index in [0.717, 1.165) is 6.54 Å². The lowest BCUT2D eigenvalue weighted by Gasteiger charge is -2.18. The van der Waals surface area contributed by atoms with Crippen LogP contribution in [0.1, 0.15) is 27.1 Å². The van der Waals surface area contributed by atoms with Gasteiger partial charge in [-0.15, -0.1) is 0 Å². The first kappa shape index (κ1) is 21.8. The summed E-state index contributed by atoms with van der Waals surface area (Å²) in [4.78, 5) is 39.9. The monoisotopic (exact) mass is 405 g/mol. The van der Waals surface area contributed by atoms with Crippen LogP contribution in [-0.2, 0) is 0 Å². The molecule has 0 aliphatic heterocycles. The zero-order valence-electron chi connectivity index (χ0n) is 16.3. The molecule has 0 bridgehead atoms. The fourth-order valence-corrected chi connectivity index (χ4v) is 2.89. The standard InChI is InChI=1S/C19H23N3O7/c1-22(2)8-5-9-29-15-10(6-4-7-11(15)28-3)12-13(18(24)25)16(20)21-17(23)14(12)19(26)27/h4,6-7H,5,8-9H2,1-3H3,(H,24,25)(H,26,27)(H3,20,21,23). The molecule has 10 heteroatoms. The highest BCUT2D eigenvalue weighted by atomic mass is 16.5. The van der Waals surface area contributed by atoms with E-state index in [4.69, 9.17) is 15.2 Å². The van der Waals surface area contributed by atoms with Crippen LogP contribution in [0.3, 0.4) is 0 Å². The van der Waals surface area contributed by atoms with Gasteiger partial charge in [0.15, 0.2) is 11.5 Å². The van der Waals surface area contributed by atoms with Gasteiger partial charge in [-0.3, -0.25) is 4.79 Å². The molecule has 0 aliphatic rings. The van der Waals surface area contributed by atoms with Crippen LogP contribution in [0.5, 0.6) is 11.5 Å². The first-order chi connectivity index (χ1) is 13.7. The molecule has 0 atom stereocenters. The summed E-state index contributed by atoms with van der Waals surface area (Å²) in [5, 5.41) is 19.2. The van der Waals surface area contributed by atoms with Crippen LogP contribution >= 0.6 is 0 Å². The maximum absolute atomic E-state index is 12.3. The fraction of sp³-hybridized carbons (Fsp3) is 0.316. The molecule has 156 valence electrons. The number of rotatable bonds is 9. The number of nitrogens with one attached hydrogen (secondary N) is 1. The number of nitrogens with two attached hydrogens (primary N) is 1. The summed E-state index contributed by atoms with van der Waals surface area (Å²) < 4.78 is 11.1. The predicted molar refractivity (Wildman–Crippen MR) is 106 cm³/mol. The summed E-state index contributed by atoms with van der Waals surface area (Å²) in [7, 11) is 5.21. The number of aromatic nitrogens is 1. The second-order valence-corrected chi connectivity index (χ2v) is 6.45. The van der Waals surface area contributed by atoms with Gasteiger partial charge in [-0.05, 0) is 26.6 Å². The van der Waals surface area contributed by atoms with Crippen molar-refractivity contribution < 1.29 is 29.3 Å². The first-order valence-corrected chi connectivity index (χ1v) is 8.66. The molecule has 2 aromatic rings. The third-order valence-electron chi connectivity index (χ3n) is 4.14. The van der Waals surface area contributed by atoms with E-state index in [1.807, 2.05) is 19.0 Å². The second kappa shape index (κ2) is 9.11. The number of ether oxygens (including phenoxy) is 2. The van der Waals surface area contributed by atoms with E-state index in [1.165, 1.54) is 19.2 Å². The topological polar surface area (TPSA) is 155 Å². The largest absolute Gasteiger partial charge is 0.493 e. The molecule has 0 spiro atoms. The Labute approximate surface area is 166 Å². The zero-order valence-corrected chi connectivity index (χ0v) is 16.3. The molecule has 0 saturated heterocycles. The van der Waals surface area contributed by atoms with E-state index in [1.54, 1.807) is 6.07 Å². The van der Waals surface area contributed by atoms with E-state index in [9.17, 15) is 24.6 Å². The molecule has 0 saturated carbocycles. The van der Waals surface area contributed by atoms with E-state index in [-0.39, 0.29) is 29.2 Å². The van der Waals surface area contributed by atoms with Crippen molar-refractivity contribution in [2.75, 3.05) is 40.1 Å². The number of aromatic amines is 1. The molecule has 0 fully saturated rings. The predicted octanol–water partition coefficient (Wildman–Crippen LogP) is 1.36. The van der Waals surface area contributed by atoms with Gasteiger partial charge in [0.1, 0.15) is 16.9 Å². The molecule has 0 amide bonds. The third-order valence-corrected chi connectivity index (χ3v) is 4.14. The van der Waals surface area contributed by atoms with Crippen molar-refractivity contribution in [2.24, 2.45) is 0 Å². The number of nitrogen functional groups attached to an aromatic ring is 1. The summed E-state index contributed by atoms with van der Waals surface area (Å²) in [5.74, 6) is -3.14. The molecule has 5 N–H and O–H groups in total. The summed E-state index contributed by atoms with van der Waals surface area (Å²) in [6, 6.07) is 4.58. The second-order valence-electron chi connectivity index (χ2n) is 6.45. The number of para-hydroxylation sites is 1. The van der Waals surface area contributed by atoms with Crippen LogP contribution in [0.2, 0.25) is 0 Å². The number of H-pyrrole nitrogens is 1. The highest BCUT2D eigenvalue weighted by molar-refractivity contribution is 6.08. The molecule has 29 heavy (non-hydrogen) atoms. The quantitative estimate of drug-likeness (QED) is 0.452. The van der Waals surface area contributed by atoms with E-state index >= 15 is 0 Å². The minimum atomic E-state index is -1.59. The Hall–Kier alpha value is -3.53. The van der Waals surface area contributed by atoms with Gasteiger partial charge >= 0.3 is 11.9 Å². The summed E-state index contributed by atoms with van der Waals surface area (Å²) in [5.41, 5.74) is 3.14. The van der Waals surface area contributed by atoms with Crippen molar-refractivity contribution >= 4 is 17.8 Å². The van der Waals surface area contributed by atoms with Gasteiger partial charge in [0.2, 0.25) is 0 Å². The van der Waals surface area contributed by atoms with Crippen molar-refractivity contribution in [3.63, 3.8) is 0 Å². The number of methoxy groups -OCH3 is 1. The highest BCUT2D eigenvalue weighted by Gasteiger charge is 2.29. The molecular formula is C19H23N3O7. The van der Waals surface area contributed by atoms with Crippen molar-refractivity contribution in [3.8, 4) is 22.6 Å². The number of anilines is 1. The Morgan fingerprint density at radius 3 is 2.38 bits per heavy atom. The summed E-state index contributed by atoms with van der Waals surface area (Å²) in [6.07, 6.45) is 0.652. The maximum atomic E-state index is 12.3. The normalized spacial score (nSPS) is 10.8. The Morgan fingerprint density at radius 1 is 1.17 bits per heavy atom. The molecule has 1 aromatic heterocycles. The van der Waals surface area contributed by atoms with Gasteiger partial charge in [0.25, 0.3) is 5.56 Å². The number of carboxylic acid groups (broad SMARTS) is 2. The van der Waals surface area contributed by atoms with Crippen molar-refractivity contribution in [1.29, 1.82) is 0 Å². The van der Waals surface area contributed by atoms with Gasteiger partial charge in [-0.1, -0.05) is 12.1 Å². The summed E-state index contributed by atoms with van der Waals surface area (Å²) in [6.45, 7) is 0.998. The van der Waals surface area contributed by atoms with Gasteiger partial charge in [-0.2, -0.15) is 0 Å². The van der Waals surface area contributed by atoms with E-state index < -0.39 is 34.4 Å². The Balaban J connectivity index is 2.75. The van der Waals surface area contributed by atoms with Crippen LogP contribution < -0.4 is 20.8 Å². The minimum absolute atomic E-state index is 0.0850. The third kappa shape index (κ3) is 4.66. The number of hydrogen-bond donors (Lipinski definition) is 4. The van der Waals surface area contributed by atoms with Crippen LogP contribution in [-0.4, -0.2) is 66.4 Å². The number of pyridine rings is 1. The van der Waals surface area contributed by atoms with E-state index in [2.05, 4.69) is 4.98 Å². The average molecular weight is 405 g/mol. The Morgan fingerprint density at radius 2 is 1.83 bits per heavy atom. The van der Waals surface area contributed by atoms with Crippen molar-refractivity contribution in [3.05, 3.63) is 39.7 Å². The highest BCUT2D eigenvalue weighted by Crippen LogP contribution is 2.41. The number of hydrogen-bond acceptors (Lipinski definition) is 7. The lowest BCUT2D eigenvalue weighted by Crippen LogP contribution is -2.24. The van der Waals surface area contributed by atoms with Crippen LogP contribution in [0, 0.1) is 0 Å². The smallest absolute Gasteiger partial charge is 0.342 e. The van der Waals surface area contributed by atoms with E-state index in [0.29, 0.717) is 6.42 Å². The van der Waals surface area contributed by atoms with Gasteiger partial charge in [0, 0.05) is 17.7 Å². The molecule has 0 aliphatic carbocycles. The summed E-state index contributed by atoms with van der Waals surface area (Å²) >= 11 is 0. The molecule has 10 nitrogen and oxygen atoms in total. The first-order valence-electron chi connectivity index (χ1n) is 8.66. The molecule has 0 radical (unpaired) electrons. The zero-order chi connectivity index (χ0) is 21.7. The van der Waals surface area contributed by atoms with Gasteiger partial charge in [0.05, 0.1) is 13.7 Å². The molecule has 1 aromatic carbocycles. The molecule has 0 unspecified atom stereocenters. The minimum Gasteiger partial charge on any atom is -0.493 e.